The molecule has 116 valence electrons. The number of hydrogen-bond donors (Lipinski definition) is 1. The summed E-state index contributed by atoms with van der Waals surface area (Å²) in [5.41, 5.74) is 1.67. The lowest BCUT2D eigenvalue weighted by Gasteiger charge is -2.22. The topological polar surface area (TPSA) is 79.7 Å². The minimum absolute atomic E-state index is 0.363. The molecule has 1 amide bonds. The maximum Gasteiger partial charge on any atom is 0.326 e. The summed E-state index contributed by atoms with van der Waals surface area (Å²) in [7, 11) is 3.05. The molecule has 1 aromatic carbocycles. The van der Waals surface area contributed by atoms with Crippen molar-refractivity contribution in [1.82, 2.24) is 9.88 Å². The van der Waals surface area contributed by atoms with Crippen molar-refractivity contribution in [1.29, 1.82) is 0 Å². The summed E-state index contributed by atoms with van der Waals surface area (Å²) in [6, 6.07) is 6.22. The van der Waals surface area contributed by atoms with E-state index in [-0.39, 0.29) is 5.91 Å². The number of ether oxygens (including phenoxy) is 1. The van der Waals surface area contributed by atoms with Gasteiger partial charge in [-0.15, -0.1) is 0 Å². The van der Waals surface area contributed by atoms with Gasteiger partial charge in [-0.1, -0.05) is 0 Å². The maximum absolute atomic E-state index is 12.5. The molecule has 0 spiro atoms. The van der Waals surface area contributed by atoms with Crippen LogP contribution in [0.2, 0.25) is 0 Å². The lowest BCUT2D eigenvalue weighted by molar-refractivity contribution is -0.141. The highest BCUT2D eigenvalue weighted by Gasteiger charge is 2.24. The first-order chi connectivity index (χ1) is 10.3. The van der Waals surface area contributed by atoms with Crippen LogP contribution in [0.15, 0.2) is 24.3 Å². The van der Waals surface area contributed by atoms with Crippen LogP contribution in [0.25, 0.3) is 10.9 Å². The van der Waals surface area contributed by atoms with Gasteiger partial charge in [0, 0.05) is 18.5 Å². The molecular weight excluding hydrogens is 284 g/mol. The number of carbonyl (C=O) groups excluding carboxylic acids is 1. The summed E-state index contributed by atoms with van der Waals surface area (Å²) < 4.78 is 5.16. The van der Waals surface area contributed by atoms with E-state index in [2.05, 4.69) is 4.98 Å². The number of aliphatic carboxylic acids is 1. The van der Waals surface area contributed by atoms with E-state index in [9.17, 15) is 9.59 Å². The van der Waals surface area contributed by atoms with Gasteiger partial charge in [0.25, 0.3) is 5.91 Å². The predicted octanol–water partition coefficient (Wildman–Crippen LogP) is 2.10. The molecule has 0 aliphatic carbocycles. The lowest BCUT2D eigenvalue weighted by Crippen LogP contribution is -2.40. The average molecular weight is 302 g/mol. The molecule has 0 bridgehead atoms. The Kier molecular flexibility index (Phi) is 4.30. The second-order valence-corrected chi connectivity index (χ2v) is 5.11. The third-order valence-corrected chi connectivity index (χ3v) is 3.70. The van der Waals surface area contributed by atoms with E-state index in [1.807, 2.05) is 6.07 Å². The Morgan fingerprint density at radius 1 is 1.32 bits per heavy atom. The van der Waals surface area contributed by atoms with Gasteiger partial charge >= 0.3 is 5.97 Å². The van der Waals surface area contributed by atoms with Crippen LogP contribution in [0.3, 0.4) is 0 Å². The molecule has 1 heterocycles. The molecule has 1 aromatic heterocycles. The number of benzene rings is 1. The van der Waals surface area contributed by atoms with Crippen molar-refractivity contribution >= 4 is 22.8 Å². The quantitative estimate of drug-likeness (QED) is 0.935. The summed E-state index contributed by atoms with van der Waals surface area (Å²) >= 11 is 0. The SMILES string of the molecule is COc1ccc2cc(C(=O)N(C)C(C)C(=O)O)c(C)nc2c1. The highest BCUT2D eigenvalue weighted by atomic mass is 16.5. The van der Waals surface area contributed by atoms with Gasteiger partial charge in [0.15, 0.2) is 0 Å². The van der Waals surface area contributed by atoms with Crippen LogP contribution in [0.4, 0.5) is 0 Å². The van der Waals surface area contributed by atoms with Crippen LogP contribution in [0, 0.1) is 6.92 Å². The number of nitrogens with zero attached hydrogens (tertiary/aromatic N) is 2. The third kappa shape index (κ3) is 2.86. The largest absolute Gasteiger partial charge is 0.497 e. The van der Waals surface area contributed by atoms with Gasteiger partial charge in [-0.2, -0.15) is 0 Å². The summed E-state index contributed by atoms with van der Waals surface area (Å²) in [4.78, 5) is 29.1. The molecule has 1 N–H and O–H groups in total. The molecule has 1 unspecified atom stereocenters. The van der Waals surface area contributed by atoms with Gasteiger partial charge < -0.3 is 14.7 Å². The molecule has 0 saturated carbocycles. The molecule has 0 aliphatic heterocycles. The van der Waals surface area contributed by atoms with Crippen LogP contribution in [-0.4, -0.2) is 47.1 Å². The molecule has 2 aromatic rings. The van der Waals surface area contributed by atoms with Crippen molar-refractivity contribution in [3.05, 3.63) is 35.5 Å². The number of aromatic nitrogens is 1. The summed E-state index contributed by atoms with van der Waals surface area (Å²) in [6.07, 6.45) is 0. The molecule has 0 radical (unpaired) electrons. The number of rotatable bonds is 4. The molecule has 6 heteroatoms. The van der Waals surface area contributed by atoms with E-state index < -0.39 is 12.0 Å². The number of carbonyl (C=O) groups is 2. The van der Waals surface area contributed by atoms with Gasteiger partial charge in [-0.05, 0) is 32.0 Å². The Morgan fingerprint density at radius 2 is 2.00 bits per heavy atom. The van der Waals surface area contributed by atoms with Crippen molar-refractivity contribution in [3.63, 3.8) is 0 Å². The highest BCUT2D eigenvalue weighted by Crippen LogP contribution is 2.22. The zero-order valence-corrected chi connectivity index (χ0v) is 13.0. The third-order valence-electron chi connectivity index (χ3n) is 3.70. The lowest BCUT2D eigenvalue weighted by atomic mass is 10.1. The first-order valence-electron chi connectivity index (χ1n) is 6.80. The number of aryl methyl sites for hydroxylation is 1. The molecule has 0 aliphatic rings. The smallest absolute Gasteiger partial charge is 0.326 e. The zero-order valence-electron chi connectivity index (χ0n) is 13.0. The van der Waals surface area contributed by atoms with Crippen molar-refractivity contribution in [3.8, 4) is 5.75 Å². The van der Waals surface area contributed by atoms with E-state index in [0.717, 1.165) is 10.9 Å². The second-order valence-electron chi connectivity index (χ2n) is 5.11. The normalized spacial score (nSPS) is 12.0. The molecule has 2 rings (SSSR count). The first-order valence-corrected chi connectivity index (χ1v) is 6.80. The number of amides is 1. The van der Waals surface area contributed by atoms with Gasteiger partial charge in [0.05, 0.1) is 23.9 Å². The van der Waals surface area contributed by atoms with Crippen molar-refractivity contribution in [2.45, 2.75) is 19.9 Å². The highest BCUT2D eigenvalue weighted by molar-refractivity contribution is 6.00. The maximum atomic E-state index is 12.5. The van der Waals surface area contributed by atoms with Gasteiger partial charge in [-0.3, -0.25) is 9.78 Å². The summed E-state index contributed by atoms with van der Waals surface area (Å²) in [6.45, 7) is 3.19. The van der Waals surface area contributed by atoms with Gasteiger partial charge in [0.2, 0.25) is 0 Å². The number of pyridine rings is 1. The number of likely N-dealkylation sites (N-methyl/N-ethyl adjacent to an activating group) is 1. The fourth-order valence-corrected chi connectivity index (χ4v) is 2.12. The summed E-state index contributed by atoms with van der Waals surface area (Å²) in [5, 5.41) is 9.82. The van der Waals surface area contributed by atoms with E-state index in [1.54, 1.807) is 32.2 Å². The molecule has 22 heavy (non-hydrogen) atoms. The molecule has 1 atom stereocenters. The van der Waals surface area contributed by atoms with Crippen LogP contribution in [-0.2, 0) is 4.79 Å². The fourth-order valence-electron chi connectivity index (χ4n) is 2.12. The molecule has 0 saturated heterocycles. The van der Waals surface area contributed by atoms with Crippen molar-refractivity contribution in [2.24, 2.45) is 0 Å². The van der Waals surface area contributed by atoms with Crippen molar-refractivity contribution < 1.29 is 19.4 Å². The Morgan fingerprint density at radius 3 is 2.59 bits per heavy atom. The molecular formula is C16H18N2O4. The van der Waals surface area contributed by atoms with Gasteiger partial charge in [-0.25, -0.2) is 4.79 Å². The molecule has 6 nitrogen and oxygen atoms in total. The zero-order chi connectivity index (χ0) is 16.4. The number of carboxylic acids is 1. The molecule has 0 fully saturated rings. The number of fused-ring (bicyclic) bond motifs is 1. The minimum atomic E-state index is -1.05. The Labute approximate surface area is 128 Å². The standard InChI is InChI=1S/C16H18N2O4/c1-9-13(15(19)18(3)10(2)16(20)21)7-11-5-6-12(22-4)8-14(11)17-9/h5-8,10H,1-4H3,(H,20,21). The van der Waals surface area contributed by atoms with Crippen LogP contribution in [0.1, 0.15) is 23.0 Å². The Bertz CT molecular complexity index is 742. The number of methoxy groups -OCH3 is 1. The number of carboxylic acid groups (broad SMARTS) is 1. The van der Waals surface area contributed by atoms with Gasteiger partial charge in [0.1, 0.15) is 11.8 Å². The predicted molar refractivity (Wildman–Crippen MR) is 82.2 cm³/mol. The van der Waals surface area contributed by atoms with Crippen LogP contribution in [0.5, 0.6) is 5.75 Å². The first kappa shape index (κ1) is 15.8. The van der Waals surface area contributed by atoms with E-state index >= 15 is 0 Å². The monoisotopic (exact) mass is 302 g/mol. The Hall–Kier alpha value is -2.63. The van der Waals surface area contributed by atoms with Crippen molar-refractivity contribution in [2.75, 3.05) is 14.2 Å². The van der Waals surface area contributed by atoms with Crippen LogP contribution >= 0.6 is 0 Å². The number of hydrogen-bond acceptors (Lipinski definition) is 4. The van der Waals surface area contributed by atoms with E-state index in [0.29, 0.717) is 17.0 Å². The fraction of sp³-hybridized carbons (Fsp3) is 0.312. The second kappa shape index (κ2) is 6.01. The minimum Gasteiger partial charge on any atom is -0.497 e. The summed E-state index contributed by atoms with van der Waals surface area (Å²) in [5.74, 6) is -0.723. The van der Waals surface area contributed by atoms with E-state index in [4.69, 9.17) is 9.84 Å². The Balaban J connectivity index is 2.45. The van der Waals surface area contributed by atoms with E-state index in [1.165, 1.54) is 18.9 Å². The average Bonchev–Trinajstić information content (AvgIpc) is 2.51. The van der Waals surface area contributed by atoms with Crippen LogP contribution < -0.4 is 4.74 Å².